The van der Waals surface area contributed by atoms with Crippen LogP contribution < -0.4 is 5.73 Å². The molecule has 2 atom stereocenters. The molecule has 0 amide bonds. The van der Waals surface area contributed by atoms with Gasteiger partial charge in [-0.05, 0) is 19.3 Å². The van der Waals surface area contributed by atoms with Crippen molar-refractivity contribution >= 4 is 5.97 Å². The molecule has 2 N–H and O–H groups in total. The first kappa shape index (κ1) is 6.16. The molecule has 1 saturated heterocycles. The molecule has 3 nitrogen and oxygen atoms in total. The van der Waals surface area contributed by atoms with E-state index in [0.717, 1.165) is 25.7 Å². The van der Waals surface area contributed by atoms with Crippen molar-refractivity contribution in [3.8, 4) is 0 Å². The number of carbonyl (C=O) groups excluding carboxylic acids is 1. The predicted octanol–water partition coefficient (Wildman–Crippen LogP) is 0.183. The van der Waals surface area contributed by atoms with Crippen LogP contribution in [0.15, 0.2) is 0 Å². The maximum absolute atomic E-state index is 11.0. The van der Waals surface area contributed by atoms with Gasteiger partial charge in [0.1, 0.15) is 11.6 Å². The van der Waals surface area contributed by atoms with Crippen molar-refractivity contribution in [2.45, 2.75) is 37.3 Å². The first-order valence-corrected chi connectivity index (χ1v) is 3.71. The summed E-state index contributed by atoms with van der Waals surface area (Å²) in [4.78, 5) is 11.0. The summed E-state index contributed by atoms with van der Waals surface area (Å²) in [7, 11) is 0. The molecule has 1 aliphatic carbocycles. The van der Waals surface area contributed by atoms with Crippen LogP contribution in [0.4, 0.5) is 0 Å². The van der Waals surface area contributed by atoms with E-state index in [2.05, 4.69) is 0 Å². The predicted molar refractivity (Wildman–Crippen MR) is 35.3 cm³/mol. The second kappa shape index (κ2) is 1.72. The van der Waals surface area contributed by atoms with Gasteiger partial charge in [-0.3, -0.25) is 4.79 Å². The van der Waals surface area contributed by atoms with E-state index in [4.69, 9.17) is 10.5 Å². The SMILES string of the molecule is NC12CCCC(C1)OC2=O. The third kappa shape index (κ3) is 0.669. The molecule has 2 fully saturated rings. The lowest BCUT2D eigenvalue weighted by Crippen LogP contribution is -2.45. The van der Waals surface area contributed by atoms with E-state index < -0.39 is 5.54 Å². The number of nitrogens with two attached hydrogens (primary N) is 1. The van der Waals surface area contributed by atoms with Gasteiger partial charge in [0.25, 0.3) is 0 Å². The topological polar surface area (TPSA) is 52.3 Å². The fourth-order valence-corrected chi connectivity index (χ4v) is 1.81. The highest BCUT2D eigenvalue weighted by atomic mass is 16.6. The Labute approximate surface area is 59.5 Å². The summed E-state index contributed by atoms with van der Waals surface area (Å²) >= 11 is 0. The van der Waals surface area contributed by atoms with Crippen LogP contribution in [0.25, 0.3) is 0 Å². The van der Waals surface area contributed by atoms with E-state index in [0.29, 0.717) is 0 Å². The van der Waals surface area contributed by atoms with Gasteiger partial charge in [-0.1, -0.05) is 0 Å². The second-order valence-electron chi connectivity index (χ2n) is 3.28. The van der Waals surface area contributed by atoms with Gasteiger partial charge in [0.05, 0.1) is 0 Å². The highest BCUT2D eigenvalue weighted by Gasteiger charge is 2.48. The summed E-state index contributed by atoms with van der Waals surface area (Å²) in [6, 6.07) is 0. The first-order valence-electron chi connectivity index (χ1n) is 3.71. The molecule has 3 heteroatoms. The molecule has 1 heterocycles. The molecule has 1 aliphatic heterocycles. The molecule has 0 radical (unpaired) electrons. The lowest BCUT2D eigenvalue weighted by molar-refractivity contribution is -0.144. The fourth-order valence-electron chi connectivity index (χ4n) is 1.81. The zero-order valence-corrected chi connectivity index (χ0v) is 5.80. The Morgan fingerprint density at radius 1 is 1.70 bits per heavy atom. The summed E-state index contributed by atoms with van der Waals surface area (Å²) in [6.45, 7) is 0. The number of esters is 1. The third-order valence-electron chi connectivity index (χ3n) is 2.42. The second-order valence-corrected chi connectivity index (χ2v) is 3.28. The van der Waals surface area contributed by atoms with Gasteiger partial charge in [0.2, 0.25) is 0 Å². The van der Waals surface area contributed by atoms with Crippen molar-refractivity contribution in [3.63, 3.8) is 0 Å². The Kier molecular flexibility index (Phi) is 1.06. The van der Waals surface area contributed by atoms with Gasteiger partial charge in [0.15, 0.2) is 0 Å². The first-order chi connectivity index (χ1) is 4.71. The van der Waals surface area contributed by atoms with Crippen LogP contribution in [0.5, 0.6) is 0 Å². The summed E-state index contributed by atoms with van der Waals surface area (Å²) in [6.07, 6.45) is 3.72. The fraction of sp³-hybridized carbons (Fsp3) is 0.857. The molecule has 1 saturated carbocycles. The van der Waals surface area contributed by atoms with E-state index >= 15 is 0 Å². The molecule has 0 aromatic carbocycles. The maximum Gasteiger partial charge on any atom is 0.326 e. The van der Waals surface area contributed by atoms with Crippen LogP contribution in [0, 0.1) is 0 Å². The Morgan fingerprint density at radius 3 is 3.10 bits per heavy atom. The molecule has 10 heavy (non-hydrogen) atoms. The molecule has 0 aromatic rings. The van der Waals surface area contributed by atoms with Crippen molar-refractivity contribution in [2.75, 3.05) is 0 Å². The Morgan fingerprint density at radius 2 is 2.50 bits per heavy atom. The van der Waals surface area contributed by atoms with Crippen LogP contribution >= 0.6 is 0 Å². The molecule has 2 rings (SSSR count). The third-order valence-corrected chi connectivity index (χ3v) is 2.42. The summed E-state index contributed by atoms with van der Waals surface area (Å²) in [5, 5.41) is 0. The number of carbonyl (C=O) groups is 1. The van der Waals surface area contributed by atoms with E-state index in [9.17, 15) is 4.79 Å². The van der Waals surface area contributed by atoms with E-state index in [-0.39, 0.29) is 12.1 Å². The molecule has 2 bridgehead atoms. The lowest BCUT2D eigenvalue weighted by Gasteiger charge is -2.22. The highest BCUT2D eigenvalue weighted by Crippen LogP contribution is 2.35. The van der Waals surface area contributed by atoms with Gasteiger partial charge in [-0.2, -0.15) is 0 Å². The largest absolute Gasteiger partial charge is 0.461 e. The van der Waals surface area contributed by atoms with Gasteiger partial charge < -0.3 is 10.5 Å². The number of hydrogen-bond acceptors (Lipinski definition) is 3. The van der Waals surface area contributed by atoms with Crippen LogP contribution in [0.3, 0.4) is 0 Å². The Bertz CT molecular complexity index is 180. The number of fused-ring (bicyclic) bond motifs is 2. The lowest BCUT2D eigenvalue weighted by atomic mass is 9.84. The molecule has 0 aromatic heterocycles. The molecular formula is C7H11NO2. The molecule has 2 aliphatic rings. The van der Waals surface area contributed by atoms with E-state index in [1.807, 2.05) is 0 Å². The Balaban J connectivity index is 2.26. The summed E-state index contributed by atoms with van der Waals surface area (Å²) < 4.78 is 5.02. The standard InChI is InChI=1S/C7H11NO2/c8-7-3-1-2-5(4-7)10-6(7)9/h5H,1-4,8H2. The van der Waals surface area contributed by atoms with Gasteiger partial charge in [-0.25, -0.2) is 0 Å². The average Bonchev–Trinajstić information content (AvgIpc) is 2.04. The van der Waals surface area contributed by atoms with Gasteiger partial charge >= 0.3 is 5.97 Å². The van der Waals surface area contributed by atoms with Crippen molar-refractivity contribution in [3.05, 3.63) is 0 Å². The molecule has 2 unspecified atom stereocenters. The number of ether oxygens (including phenoxy) is 1. The highest BCUT2D eigenvalue weighted by molar-refractivity contribution is 5.83. The minimum atomic E-state index is -0.608. The molecule has 0 spiro atoms. The van der Waals surface area contributed by atoms with Crippen LogP contribution in [-0.4, -0.2) is 17.6 Å². The van der Waals surface area contributed by atoms with Gasteiger partial charge in [0, 0.05) is 6.42 Å². The van der Waals surface area contributed by atoms with E-state index in [1.165, 1.54) is 0 Å². The quantitative estimate of drug-likeness (QED) is 0.490. The monoisotopic (exact) mass is 141 g/mol. The Hall–Kier alpha value is -0.570. The zero-order valence-electron chi connectivity index (χ0n) is 5.80. The molecular weight excluding hydrogens is 130 g/mol. The van der Waals surface area contributed by atoms with Crippen LogP contribution in [-0.2, 0) is 9.53 Å². The van der Waals surface area contributed by atoms with E-state index in [1.54, 1.807) is 0 Å². The minimum Gasteiger partial charge on any atom is -0.461 e. The number of hydrogen-bond donors (Lipinski definition) is 1. The average molecular weight is 141 g/mol. The zero-order chi connectivity index (χ0) is 7.19. The van der Waals surface area contributed by atoms with Crippen molar-refractivity contribution < 1.29 is 9.53 Å². The summed E-state index contributed by atoms with van der Waals surface area (Å²) in [5.41, 5.74) is 5.16. The number of rotatable bonds is 0. The normalized spacial score (nSPS) is 45.3. The van der Waals surface area contributed by atoms with Gasteiger partial charge in [-0.15, -0.1) is 0 Å². The summed E-state index contributed by atoms with van der Waals surface area (Å²) in [5.74, 6) is -0.185. The minimum absolute atomic E-state index is 0.131. The maximum atomic E-state index is 11.0. The smallest absolute Gasteiger partial charge is 0.326 e. The van der Waals surface area contributed by atoms with Crippen molar-refractivity contribution in [1.29, 1.82) is 0 Å². The van der Waals surface area contributed by atoms with Crippen molar-refractivity contribution in [1.82, 2.24) is 0 Å². The van der Waals surface area contributed by atoms with Crippen LogP contribution in [0.1, 0.15) is 25.7 Å². The van der Waals surface area contributed by atoms with Crippen molar-refractivity contribution in [2.24, 2.45) is 5.73 Å². The molecule has 56 valence electrons. The van der Waals surface area contributed by atoms with Crippen LogP contribution in [0.2, 0.25) is 0 Å².